The highest BCUT2D eigenvalue weighted by atomic mass is 16.5. The van der Waals surface area contributed by atoms with Gasteiger partial charge in [0.2, 0.25) is 0 Å². The van der Waals surface area contributed by atoms with Gasteiger partial charge >= 0.3 is 0 Å². The molecule has 0 spiro atoms. The summed E-state index contributed by atoms with van der Waals surface area (Å²) in [6, 6.07) is 40.8. The third-order valence-electron chi connectivity index (χ3n) is 15.4. The van der Waals surface area contributed by atoms with Crippen molar-refractivity contribution in [2.75, 3.05) is 26.4 Å². The molecule has 0 bridgehead atoms. The fourth-order valence-electron chi connectivity index (χ4n) is 9.74. The molecule has 0 saturated heterocycles. The Bertz CT molecular complexity index is 2610. The van der Waals surface area contributed by atoms with E-state index in [0.717, 1.165) is 93.4 Å². The second kappa shape index (κ2) is 33.0. The summed E-state index contributed by atoms with van der Waals surface area (Å²) in [4.78, 5) is 10.5. The molecule has 10 heteroatoms. The van der Waals surface area contributed by atoms with Crippen LogP contribution in [-0.4, -0.2) is 56.8 Å². The molecule has 422 valence electrons. The summed E-state index contributed by atoms with van der Waals surface area (Å²) >= 11 is 0. The summed E-state index contributed by atoms with van der Waals surface area (Å²) in [5.41, 5.74) is 8.12. The molecule has 0 aliphatic heterocycles. The van der Waals surface area contributed by atoms with Crippen LogP contribution in [0, 0.1) is 23.7 Å². The number of aromatic nitrogens is 6. The van der Waals surface area contributed by atoms with Gasteiger partial charge in [0.05, 0.1) is 26.4 Å². The quantitative estimate of drug-likeness (QED) is 0.0386. The van der Waals surface area contributed by atoms with Crippen LogP contribution in [0.15, 0.2) is 121 Å². The van der Waals surface area contributed by atoms with Gasteiger partial charge in [-0.25, -0.2) is 9.97 Å². The molecule has 0 saturated carbocycles. The van der Waals surface area contributed by atoms with Crippen molar-refractivity contribution in [1.29, 1.82) is 0 Å². The molecule has 4 unspecified atom stereocenters. The minimum Gasteiger partial charge on any atom is -0.493 e. The molecule has 5 aromatic carbocycles. The van der Waals surface area contributed by atoms with Crippen molar-refractivity contribution in [1.82, 2.24) is 30.4 Å². The van der Waals surface area contributed by atoms with Crippen LogP contribution < -0.4 is 18.9 Å². The van der Waals surface area contributed by atoms with Crippen LogP contribution in [0.3, 0.4) is 0 Å². The first-order valence-corrected chi connectivity index (χ1v) is 29.8. The molecule has 2 heterocycles. The van der Waals surface area contributed by atoms with E-state index in [1.807, 2.05) is 72.8 Å². The van der Waals surface area contributed by atoms with E-state index >= 15 is 0 Å². The monoisotopic (exact) mass is 1070 g/mol. The van der Waals surface area contributed by atoms with Gasteiger partial charge in [-0.1, -0.05) is 164 Å². The summed E-state index contributed by atoms with van der Waals surface area (Å²) in [5.74, 6) is 6.55. The first-order valence-electron chi connectivity index (χ1n) is 29.8. The third kappa shape index (κ3) is 18.2. The molecule has 4 atom stereocenters. The fraction of sp³-hybridized carbons (Fsp3) is 0.478. The zero-order valence-corrected chi connectivity index (χ0v) is 48.3. The lowest BCUT2D eigenvalue weighted by Gasteiger charge is -2.16. The molecular formula is C69H92N6O4. The minimum atomic E-state index is 0. The number of benzene rings is 5. The Labute approximate surface area is 475 Å². The molecule has 0 N–H and O–H groups in total. The highest BCUT2D eigenvalue weighted by molar-refractivity contribution is 5.81. The molecular weight excluding hydrogens is 977 g/mol. The van der Waals surface area contributed by atoms with Crippen LogP contribution in [0.2, 0.25) is 0 Å². The molecule has 0 radical (unpaired) electrons. The number of hydrogen-bond acceptors (Lipinski definition) is 10. The van der Waals surface area contributed by atoms with Crippen LogP contribution >= 0.6 is 0 Å². The van der Waals surface area contributed by atoms with E-state index in [2.05, 4.69) is 104 Å². The first-order chi connectivity index (χ1) is 38.3. The lowest BCUT2D eigenvalue weighted by Crippen LogP contribution is -2.11. The van der Waals surface area contributed by atoms with Crippen molar-refractivity contribution < 1.29 is 18.9 Å². The SMILES string of the molecule is C.CCCCC(CC)COc1ccc(-c2nnc(-c3ccc(-c4nnc(-c5ccc(OCC(CC)CCCC)cc5)c(-c5ccc(OCC(CC)CCCC)cc5)n4)cc3)nc2-c2ccc(OCC(CC)CCCC)cc2)cc1. The summed E-state index contributed by atoms with van der Waals surface area (Å²) in [5, 5.41) is 19.3. The maximum Gasteiger partial charge on any atom is 0.182 e. The van der Waals surface area contributed by atoms with Gasteiger partial charge < -0.3 is 18.9 Å². The molecule has 79 heavy (non-hydrogen) atoms. The molecule has 0 aliphatic carbocycles. The number of rotatable bonds is 34. The van der Waals surface area contributed by atoms with Crippen LogP contribution in [0.5, 0.6) is 23.0 Å². The van der Waals surface area contributed by atoms with Crippen LogP contribution in [0.4, 0.5) is 0 Å². The number of hydrogen-bond donors (Lipinski definition) is 0. The lowest BCUT2D eigenvalue weighted by molar-refractivity contribution is 0.233. The average Bonchev–Trinajstić information content (AvgIpc) is 3.56. The summed E-state index contributed by atoms with van der Waals surface area (Å²) in [6.45, 7) is 20.8. The minimum absolute atomic E-state index is 0. The third-order valence-corrected chi connectivity index (χ3v) is 15.4. The zero-order valence-electron chi connectivity index (χ0n) is 48.3. The van der Waals surface area contributed by atoms with E-state index in [4.69, 9.17) is 49.3 Å². The standard InChI is InChI=1S/C68H88N6O4.CH4/c1-9-17-21-49(13-5)45-75-59-37-29-53(30-38-59)63-65(55-33-41-61(42-34-55)77-47-51(15-7)23-19-11-3)71-73-67(69-63)57-25-27-58(28-26-57)68-70-64(54-31-39-60(40-32-54)76-46-50(14-6)22-18-10-2)66(72-74-68)56-35-43-62(44-36-56)78-48-52(16-8)24-20-12-4;/h25-44,49-52H,9-24,45-48H2,1-8H3;1H4. The Morgan fingerprint density at radius 2 is 0.519 bits per heavy atom. The normalized spacial score (nSPS) is 12.8. The van der Waals surface area contributed by atoms with Gasteiger partial charge in [0.25, 0.3) is 0 Å². The lowest BCUT2D eigenvalue weighted by atomic mass is 10.0. The molecule has 0 fully saturated rings. The predicted molar refractivity (Wildman–Crippen MR) is 328 cm³/mol. The molecule has 0 amide bonds. The first kappa shape index (κ1) is 61.5. The molecule has 7 aromatic rings. The molecule has 7 rings (SSSR count). The second-order valence-corrected chi connectivity index (χ2v) is 21.3. The maximum atomic E-state index is 6.33. The van der Waals surface area contributed by atoms with Gasteiger partial charge in [-0.15, -0.1) is 20.4 Å². The van der Waals surface area contributed by atoms with E-state index in [1.54, 1.807) is 0 Å². The zero-order chi connectivity index (χ0) is 54.9. The highest BCUT2D eigenvalue weighted by Crippen LogP contribution is 2.36. The molecule has 10 nitrogen and oxygen atoms in total. The summed E-state index contributed by atoms with van der Waals surface area (Å²) in [6.07, 6.45) is 18.8. The van der Waals surface area contributed by atoms with Crippen LogP contribution in [-0.2, 0) is 0 Å². The van der Waals surface area contributed by atoms with E-state index < -0.39 is 0 Å². The van der Waals surface area contributed by atoms with Crippen LogP contribution in [0.25, 0.3) is 67.8 Å². The highest BCUT2D eigenvalue weighted by Gasteiger charge is 2.20. The van der Waals surface area contributed by atoms with Crippen molar-refractivity contribution >= 4 is 0 Å². The average molecular weight is 1070 g/mol. The van der Waals surface area contributed by atoms with Crippen molar-refractivity contribution in [3.8, 4) is 90.8 Å². The molecule has 2 aromatic heterocycles. The van der Waals surface area contributed by atoms with Gasteiger partial charge in [0.1, 0.15) is 45.8 Å². The van der Waals surface area contributed by atoms with E-state index in [1.165, 1.54) is 77.0 Å². The Kier molecular flexibility index (Phi) is 25.7. The number of ether oxygens (including phenoxy) is 4. The van der Waals surface area contributed by atoms with E-state index in [0.29, 0.717) is 73.1 Å². The van der Waals surface area contributed by atoms with Crippen molar-refractivity contribution in [2.24, 2.45) is 23.7 Å². The summed E-state index contributed by atoms with van der Waals surface area (Å²) in [7, 11) is 0. The second-order valence-electron chi connectivity index (χ2n) is 21.3. The van der Waals surface area contributed by atoms with Gasteiger partial charge in [0.15, 0.2) is 11.6 Å². The smallest absolute Gasteiger partial charge is 0.182 e. The fourth-order valence-corrected chi connectivity index (χ4v) is 9.74. The van der Waals surface area contributed by atoms with Gasteiger partial charge in [-0.2, -0.15) is 0 Å². The Morgan fingerprint density at radius 3 is 0.747 bits per heavy atom. The van der Waals surface area contributed by atoms with Crippen molar-refractivity contribution in [3.05, 3.63) is 121 Å². The summed E-state index contributed by atoms with van der Waals surface area (Å²) < 4.78 is 25.2. The Morgan fingerprint density at radius 1 is 0.291 bits per heavy atom. The Hall–Kier alpha value is -6.68. The number of nitrogens with zero attached hydrogens (tertiary/aromatic N) is 6. The van der Waals surface area contributed by atoms with Gasteiger partial charge in [-0.3, -0.25) is 0 Å². The van der Waals surface area contributed by atoms with E-state index in [-0.39, 0.29) is 7.43 Å². The van der Waals surface area contributed by atoms with Crippen molar-refractivity contribution in [2.45, 2.75) is 166 Å². The van der Waals surface area contributed by atoms with Gasteiger partial charge in [0, 0.05) is 33.4 Å². The van der Waals surface area contributed by atoms with Crippen LogP contribution in [0.1, 0.15) is 166 Å². The topological polar surface area (TPSA) is 114 Å². The van der Waals surface area contributed by atoms with Gasteiger partial charge in [-0.05, 0) is 146 Å². The number of unbranched alkanes of at least 4 members (excludes halogenated alkanes) is 4. The van der Waals surface area contributed by atoms with Crippen molar-refractivity contribution in [3.63, 3.8) is 0 Å². The van der Waals surface area contributed by atoms with E-state index in [9.17, 15) is 0 Å². The Balaban J connectivity index is 0.0000101. The largest absolute Gasteiger partial charge is 0.493 e. The maximum absolute atomic E-state index is 6.33. The predicted octanol–water partition coefficient (Wildman–Crippen LogP) is 19.1. The molecule has 0 aliphatic rings.